The number of aliphatic hydroxyl groups excluding tert-OH is 1. The molecule has 1 aromatic rings. The molecule has 4 N–H and O–H groups in total. The van der Waals surface area contributed by atoms with Gasteiger partial charge in [-0.15, -0.1) is 16.9 Å². The Labute approximate surface area is 104 Å². The number of hydrogen-bond donors (Lipinski definition) is 3. The predicted octanol–water partition coefficient (Wildman–Crippen LogP) is 0.662. The van der Waals surface area contributed by atoms with Gasteiger partial charge in [0.25, 0.3) is 0 Å². The van der Waals surface area contributed by atoms with Crippen LogP contribution >= 0.6 is 11.8 Å². The predicted molar refractivity (Wildman–Crippen MR) is 66.4 cm³/mol. The van der Waals surface area contributed by atoms with E-state index in [1.54, 1.807) is 0 Å². The molecule has 0 unspecified atom stereocenters. The van der Waals surface area contributed by atoms with Gasteiger partial charge in [-0.25, -0.2) is 0 Å². The number of aliphatic hydroxyl groups is 1. The fourth-order valence-electron chi connectivity index (χ4n) is 1.27. The van der Waals surface area contributed by atoms with Crippen molar-refractivity contribution >= 4 is 17.6 Å². The van der Waals surface area contributed by atoms with Crippen LogP contribution < -0.4 is 5.73 Å². The summed E-state index contributed by atoms with van der Waals surface area (Å²) in [6.45, 7) is 3.80. The molecule has 94 valence electrons. The average Bonchev–Trinajstić information content (AvgIpc) is 2.33. The van der Waals surface area contributed by atoms with Crippen LogP contribution in [0.1, 0.15) is 23.2 Å². The van der Waals surface area contributed by atoms with Crippen LogP contribution in [0.4, 0.5) is 0 Å². The minimum absolute atomic E-state index is 0.0343. The van der Waals surface area contributed by atoms with Crippen molar-refractivity contribution in [1.29, 1.82) is 0 Å². The number of aryl methyl sites for hydroxylation is 1. The van der Waals surface area contributed by atoms with Gasteiger partial charge in [-0.3, -0.25) is 0 Å². The first-order valence-corrected chi connectivity index (χ1v) is 6.15. The zero-order valence-electron chi connectivity index (χ0n) is 9.84. The van der Waals surface area contributed by atoms with Crippen molar-refractivity contribution < 1.29 is 10.3 Å². The van der Waals surface area contributed by atoms with E-state index in [0.29, 0.717) is 22.8 Å². The molecule has 0 aliphatic heterocycles. The molecule has 0 radical (unpaired) electrons. The minimum atomic E-state index is 0.0343. The minimum Gasteiger partial charge on any atom is -0.409 e. The van der Waals surface area contributed by atoms with E-state index in [1.807, 2.05) is 13.8 Å². The Kier molecular flexibility index (Phi) is 5.17. The van der Waals surface area contributed by atoms with E-state index in [0.717, 1.165) is 11.3 Å². The fraction of sp³-hybridized carbons (Fsp3) is 0.500. The molecule has 1 aromatic heterocycles. The Morgan fingerprint density at radius 1 is 1.41 bits per heavy atom. The third-order valence-corrected chi connectivity index (χ3v) is 3.38. The third-order valence-electron chi connectivity index (χ3n) is 2.33. The first-order chi connectivity index (χ1) is 8.11. The number of nitrogens with two attached hydrogens (primary N) is 1. The summed E-state index contributed by atoms with van der Waals surface area (Å²) in [5, 5.41) is 29.2. The molecule has 0 amide bonds. The highest BCUT2D eigenvalue weighted by molar-refractivity contribution is 7.99. The number of hydrogen-bond acceptors (Lipinski definition) is 6. The molecule has 17 heavy (non-hydrogen) atoms. The average molecular weight is 256 g/mol. The molecule has 0 aliphatic carbocycles. The number of aromatic nitrogens is 2. The monoisotopic (exact) mass is 256 g/mol. The highest BCUT2D eigenvalue weighted by Gasteiger charge is 2.15. The first kappa shape index (κ1) is 13.7. The van der Waals surface area contributed by atoms with Gasteiger partial charge in [0.15, 0.2) is 5.84 Å². The van der Waals surface area contributed by atoms with Gasteiger partial charge < -0.3 is 16.0 Å². The molecule has 0 saturated heterocycles. The molecular weight excluding hydrogens is 240 g/mol. The van der Waals surface area contributed by atoms with Crippen molar-refractivity contribution in [3.63, 3.8) is 0 Å². The lowest BCUT2D eigenvalue weighted by Gasteiger charge is -2.10. The Morgan fingerprint density at radius 3 is 2.71 bits per heavy atom. The van der Waals surface area contributed by atoms with Gasteiger partial charge in [0.05, 0.1) is 11.3 Å². The number of thioether (sulfide) groups is 1. The second-order valence-electron chi connectivity index (χ2n) is 3.50. The first-order valence-electron chi connectivity index (χ1n) is 5.17. The number of amidine groups is 1. The lowest BCUT2D eigenvalue weighted by Crippen LogP contribution is -2.18. The van der Waals surface area contributed by atoms with E-state index in [-0.39, 0.29) is 12.4 Å². The molecule has 0 aliphatic rings. The van der Waals surface area contributed by atoms with Crippen LogP contribution in [0.3, 0.4) is 0 Å². The summed E-state index contributed by atoms with van der Waals surface area (Å²) in [6.07, 6.45) is 0.662. The summed E-state index contributed by atoms with van der Waals surface area (Å²) in [4.78, 5) is 0. The maximum Gasteiger partial charge on any atom is 0.173 e. The van der Waals surface area contributed by atoms with E-state index in [2.05, 4.69) is 15.4 Å². The number of oxime groups is 1. The SMILES string of the molecule is Cc1nnc(SCCCO)c(C(N)=NO)c1C. The van der Waals surface area contributed by atoms with Crippen LogP contribution in [-0.2, 0) is 0 Å². The van der Waals surface area contributed by atoms with E-state index in [1.165, 1.54) is 11.8 Å². The number of nitrogens with zero attached hydrogens (tertiary/aromatic N) is 3. The molecule has 0 atom stereocenters. The Bertz CT molecular complexity index is 423. The highest BCUT2D eigenvalue weighted by atomic mass is 32.2. The quantitative estimate of drug-likeness (QED) is 0.178. The van der Waals surface area contributed by atoms with Crippen molar-refractivity contribution in [3.05, 3.63) is 16.8 Å². The van der Waals surface area contributed by atoms with Gasteiger partial charge in [-0.05, 0) is 25.8 Å². The van der Waals surface area contributed by atoms with Crippen LogP contribution in [0.15, 0.2) is 10.2 Å². The van der Waals surface area contributed by atoms with Crippen LogP contribution in [0.5, 0.6) is 0 Å². The van der Waals surface area contributed by atoms with Crippen molar-refractivity contribution in [1.82, 2.24) is 10.2 Å². The van der Waals surface area contributed by atoms with E-state index in [4.69, 9.17) is 16.0 Å². The molecule has 0 aromatic carbocycles. The lowest BCUT2D eigenvalue weighted by molar-refractivity contribution is 0.296. The van der Waals surface area contributed by atoms with E-state index >= 15 is 0 Å². The van der Waals surface area contributed by atoms with E-state index in [9.17, 15) is 0 Å². The Morgan fingerprint density at radius 2 is 2.12 bits per heavy atom. The molecule has 0 saturated carbocycles. The van der Waals surface area contributed by atoms with Gasteiger partial charge in [-0.2, -0.15) is 5.10 Å². The summed E-state index contributed by atoms with van der Waals surface area (Å²) in [5.41, 5.74) is 7.85. The summed E-state index contributed by atoms with van der Waals surface area (Å²) in [5.74, 6) is 0.742. The largest absolute Gasteiger partial charge is 0.409 e. The fourth-order valence-corrected chi connectivity index (χ4v) is 2.24. The van der Waals surface area contributed by atoms with Crippen molar-refractivity contribution in [3.8, 4) is 0 Å². The van der Waals surface area contributed by atoms with Gasteiger partial charge >= 0.3 is 0 Å². The molecular formula is C10H16N4O2S. The maximum absolute atomic E-state index is 8.77. The second kappa shape index (κ2) is 6.41. The second-order valence-corrected chi connectivity index (χ2v) is 4.59. The van der Waals surface area contributed by atoms with E-state index < -0.39 is 0 Å². The van der Waals surface area contributed by atoms with Crippen LogP contribution in [-0.4, -0.2) is 38.7 Å². The zero-order valence-corrected chi connectivity index (χ0v) is 10.7. The van der Waals surface area contributed by atoms with Gasteiger partial charge in [-0.1, -0.05) is 5.16 Å². The smallest absolute Gasteiger partial charge is 0.173 e. The van der Waals surface area contributed by atoms with Gasteiger partial charge in [0, 0.05) is 12.4 Å². The summed E-state index contributed by atoms with van der Waals surface area (Å²) in [6, 6.07) is 0. The molecule has 7 heteroatoms. The summed E-state index contributed by atoms with van der Waals surface area (Å²) in [7, 11) is 0. The van der Waals surface area contributed by atoms with Crippen LogP contribution in [0, 0.1) is 13.8 Å². The molecule has 0 fully saturated rings. The lowest BCUT2D eigenvalue weighted by atomic mass is 10.1. The summed E-state index contributed by atoms with van der Waals surface area (Å²) >= 11 is 1.43. The van der Waals surface area contributed by atoms with Gasteiger partial charge in [0.1, 0.15) is 5.03 Å². The normalized spacial score (nSPS) is 11.8. The standard InChI is InChI=1S/C10H16N4O2S/c1-6-7(2)12-13-10(17-5-3-4-15)8(6)9(11)14-16/h15-16H,3-5H2,1-2H3,(H2,11,14). The molecule has 0 bridgehead atoms. The topological polar surface area (TPSA) is 105 Å². The van der Waals surface area contributed by atoms with Crippen LogP contribution in [0.2, 0.25) is 0 Å². The van der Waals surface area contributed by atoms with Crippen molar-refractivity contribution in [2.45, 2.75) is 25.3 Å². The molecule has 0 spiro atoms. The highest BCUT2D eigenvalue weighted by Crippen LogP contribution is 2.24. The summed E-state index contributed by atoms with van der Waals surface area (Å²) < 4.78 is 0. The third kappa shape index (κ3) is 3.31. The Balaban J connectivity index is 3.07. The zero-order chi connectivity index (χ0) is 12.8. The van der Waals surface area contributed by atoms with Gasteiger partial charge in [0.2, 0.25) is 0 Å². The maximum atomic E-state index is 8.77. The molecule has 1 rings (SSSR count). The molecule has 1 heterocycles. The van der Waals surface area contributed by atoms with Crippen molar-refractivity contribution in [2.24, 2.45) is 10.9 Å². The van der Waals surface area contributed by atoms with Crippen molar-refractivity contribution in [2.75, 3.05) is 12.4 Å². The van der Waals surface area contributed by atoms with Crippen LogP contribution in [0.25, 0.3) is 0 Å². The molecule has 6 nitrogen and oxygen atoms in total. The Hall–Kier alpha value is -1.34. The number of rotatable bonds is 5.